The summed E-state index contributed by atoms with van der Waals surface area (Å²) in [6.45, 7) is 25.1. The first-order valence-corrected chi connectivity index (χ1v) is 21.3. The first kappa shape index (κ1) is 41.9. The van der Waals surface area contributed by atoms with Crippen molar-refractivity contribution in [1.82, 2.24) is 0 Å². The van der Waals surface area contributed by atoms with E-state index in [0.717, 1.165) is 0 Å². The SMILES string of the molecule is CC(C)(C)c1ccc([C](=[Zr+2])c2ccc(C(C)(C)C)cc2)cc1.CC1=[C-]C(C)C=C1[Si](C)(C)C.[Cl-].[Cl-].c1ccc2c(c1)[cH-]c1ccccc12. The van der Waals surface area contributed by atoms with Crippen molar-refractivity contribution in [2.45, 2.75) is 85.9 Å². The molecule has 1 atom stereocenters. The van der Waals surface area contributed by atoms with Crippen LogP contribution in [0.1, 0.15) is 77.6 Å². The predicted octanol–water partition coefficient (Wildman–Crippen LogP) is 6.31. The zero-order valence-electron chi connectivity index (χ0n) is 30.7. The molecule has 48 heavy (non-hydrogen) atoms. The van der Waals surface area contributed by atoms with E-state index in [9.17, 15) is 0 Å². The Bertz CT molecular complexity index is 1740. The first-order valence-electron chi connectivity index (χ1n) is 16.6. The van der Waals surface area contributed by atoms with Crippen molar-refractivity contribution in [3.63, 3.8) is 0 Å². The van der Waals surface area contributed by atoms with Crippen molar-refractivity contribution in [1.29, 1.82) is 0 Å². The maximum atomic E-state index is 3.43. The third-order valence-electron chi connectivity index (χ3n) is 8.67. The van der Waals surface area contributed by atoms with E-state index in [-0.39, 0.29) is 35.6 Å². The van der Waals surface area contributed by atoms with Gasteiger partial charge in [0.1, 0.15) is 0 Å². The van der Waals surface area contributed by atoms with Crippen LogP contribution in [0.5, 0.6) is 0 Å². The molecule has 0 heterocycles. The summed E-state index contributed by atoms with van der Waals surface area (Å²) in [5.41, 5.74) is 7.30. The van der Waals surface area contributed by atoms with Crippen LogP contribution in [0.3, 0.4) is 0 Å². The second-order valence-corrected chi connectivity index (χ2v) is 22.0. The smallest absolute Gasteiger partial charge is 0.0112 e. The third-order valence-corrected chi connectivity index (χ3v) is 12.3. The third kappa shape index (κ3) is 10.9. The Morgan fingerprint density at radius 3 is 1.31 bits per heavy atom. The van der Waals surface area contributed by atoms with Crippen molar-refractivity contribution in [2.75, 3.05) is 0 Å². The average Bonchev–Trinajstić information content (AvgIpc) is 3.55. The van der Waals surface area contributed by atoms with Crippen molar-refractivity contribution in [2.24, 2.45) is 5.92 Å². The van der Waals surface area contributed by atoms with Crippen LogP contribution in [0.25, 0.3) is 21.5 Å². The van der Waals surface area contributed by atoms with Crippen LogP contribution in [-0.4, -0.2) is 11.3 Å². The van der Waals surface area contributed by atoms with Gasteiger partial charge in [-0.05, 0) is 8.07 Å². The Hall–Kier alpha value is -2.22. The molecule has 0 bridgehead atoms. The maximum absolute atomic E-state index is 3.43. The summed E-state index contributed by atoms with van der Waals surface area (Å²) in [6, 6.07) is 37.4. The fourth-order valence-corrected chi connectivity index (χ4v) is 8.76. The quantitative estimate of drug-likeness (QED) is 0.149. The Morgan fingerprint density at radius 1 is 0.646 bits per heavy atom. The summed E-state index contributed by atoms with van der Waals surface area (Å²) >= 11 is 1.46. The van der Waals surface area contributed by atoms with Gasteiger partial charge in [0, 0.05) is 0 Å². The fraction of sp³-hybridized carbons (Fsp3) is 0.318. The Kier molecular flexibility index (Phi) is 15.0. The van der Waals surface area contributed by atoms with E-state index in [1.165, 1.54) is 76.8 Å². The van der Waals surface area contributed by atoms with E-state index >= 15 is 0 Å². The standard InChI is InChI=1S/C21H26.C13H9.C10H17Si.2ClH.Zr/c1-20(2,3)18-11-7-16(8-12-18)15-17-9-13-19(14-10-17)21(4,5)6;1-3-7-12-10(5-1)9-11-6-2-4-8-13(11)12;1-8-6-9(2)10(7-8)11(3,4)5;;;/h7-14H,1-6H3;1-9H;7-8H,1-5H3;2*1H;/q;2*-1;;;+2/p-2. The number of rotatable bonds is 3. The molecule has 0 aliphatic heterocycles. The van der Waals surface area contributed by atoms with Gasteiger partial charge in [-0.3, -0.25) is 6.08 Å². The number of fused-ring (bicyclic) bond motifs is 3. The molecule has 5 aromatic carbocycles. The minimum Gasteiger partial charge on any atom is -1.00 e. The molecule has 0 spiro atoms. The van der Waals surface area contributed by atoms with E-state index in [2.05, 4.69) is 190 Å². The van der Waals surface area contributed by atoms with Gasteiger partial charge in [-0.15, -0.1) is 39.7 Å². The van der Waals surface area contributed by atoms with Crippen molar-refractivity contribution in [3.05, 3.63) is 148 Å². The molecule has 6 rings (SSSR count). The van der Waals surface area contributed by atoms with Gasteiger partial charge in [0.15, 0.2) is 0 Å². The predicted molar refractivity (Wildman–Crippen MR) is 204 cm³/mol. The van der Waals surface area contributed by atoms with Gasteiger partial charge in [0.05, 0.1) is 0 Å². The molecular formula is C44H52Cl2SiZr-2. The van der Waals surface area contributed by atoms with Crippen LogP contribution in [0.15, 0.2) is 120 Å². The van der Waals surface area contributed by atoms with Crippen LogP contribution < -0.4 is 24.8 Å². The van der Waals surface area contributed by atoms with E-state index in [0.29, 0.717) is 5.92 Å². The molecule has 0 aromatic heterocycles. The van der Waals surface area contributed by atoms with Gasteiger partial charge < -0.3 is 24.8 Å². The molecule has 0 nitrogen and oxygen atoms in total. The van der Waals surface area contributed by atoms with Gasteiger partial charge in [-0.25, -0.2) is 10.8 Å². The molecule has 0 saturated heterocycles. The van der Waals surface area contributed by atoms with Crippen LogP contribution in [0, 0.1) is 12.0 Å². The molecule has 0 radical (unpaired) electrons. The minimum atomic E-state index is -1.07. The second kappa shape index (κ2) is 17.1. The maximum Gasteiger partial charge on any atom is -0.0112 e. The Balaban J connectivity index is 0.000000263. The molecular weight excluding hydrogens is 719 g/mol. The number of allylic oxidation sites excluding steroid dienone is 4. The topological polar surface area (TPSA) is 0 Å². The normalized spacial score (nSPS) is 14.4. The van der Waals surface area contributed by atoms with Gasteiger partial charge >= 0.3 is 151 Å². The van der Waals surface area contributed by atoms with Gasteiger partial charge in [0.25, 0.3) is 0 Å². The van der Waals surface area contributed by atoms with E-state index in [1.807, 2.05) is 0 Å². The van der Waals surface area contributed by atoms with Crippen molar-refractivity contribution < 1.29 is 49.0 Å². The van der Waals surface area contributed by atoms with Crippen LogP contribution in [0.2, 0.25) is 19.6 Å². The molecule has 5 aromatic rings. The summed E-state index contributed by atoms with van der Waals surface area (Å²) in [6.07, 6.45) is 5.81. The minimum absolute atomic E-state index is 0. The van der Waals surface area contributed by atoms with E-state index < -0.39 is 8.07 Å². The van der Waals surface area contributed by atoms with Crippen LogP contribution in [0.4, 0.5) is 0 Å². The van der Waals surface area contributed by atoms with Gasteiger partial charge in [-0.1, -0.05) is 75.8 Å². The number of hydrogen-bond donors (Lipinski definition) is 0. The molecule has 0 saturated carbocycles. The summed E-state index contributed by atoms with van der Waals surface area (Å²) in [4.78, 5) is 0. The molecule has 0 N–H and O–H groups in total. The van der Waals surface area contributed by atoms with Gasteiger partial charge in [0.2, 0.25) is 0 Å². The second-order valence-electron chi connectivity index (χ2n) is 15.7. The zero-order valence-corrected chi connectivity index (χ0v) is 35.7. The van der Waals surface area contributed by atoms with Crippen molar-refractivity contribution in [3.8, 4) is 0 Å². The summed E-state index contributed by atoms with van der Waals surface area (Å²) in [7, 11) is -1.07. The van der Waals surface area contributed by atoms with Gasteiger partial charge in [-0.2, -0.15) is 6.08 Å². The fourth-order valence-electron chi connectivity index (χ4n) is 5.99. The van der Waals surface area contributed by atoms with Crippen molar-refractivity contribution >= 4 is 32.8 Å². The number of hydrogen-bond acceptors (Lipinski definition) is 0. The summed E-state index contributed by atoms with van der Waals surface area (Å²) < 4.78 is 1.42. The first-order chi connectivity index (χ1) is 21.4. The summed E-state index contributed by atoms with van der Waals surface area (Å²) in [5, 5.41) is 6.99. The molecule has 1 unspecified atom stereocenters. The molecule has 0 amide bonds. The zero-order chi connectivity index (χ0) is 33.9. The van der Waals surface area contributed by atoms with E-state index in [1.54, 1.807) is 5.20 Å². The Morgan fingerprint density at radius 2 is 1.02 bits per heavy atom. The molecule has 252 valence electrons. The van der Waals surface area contributed by atoms with E-state index in [4.69, 9.17) is 0 Å². The average molecular weight is 771 g/mol. The Labute approximate surface area is 319 Å². The summed E-state index contributed by atoms with van der Waals surface area (Å²) in [5.74, 6) is 0.553. The number of halogens is 2. The molecule has 4 heteroatoms. The molecule has 1 aliphatic carbocycles. The van der Waals surface area contributed by atoms with Crippen LogP contribution in [-0.2, 0) is 35.1 Å². The largest absolute Gasteiger partial charge is 1.00 e. The molecule has 1 aliphatic rings. The molecule has 0 fully saturated rings. The van der Waals surface area contributed by atoms with Crippen LogP contribution >= 0.6 is 0 Å². The number of benzene rings is 4. The monoisotopic (exact) mass is 768 g/mol.